The number of nitrogens with zero attached hydrogens (tertiary/aromatic N) is 2. The number of benzene rings is 1. The van der Waals surface area contributed by atoms with E-state index in [2.05, 4.69) is 20.4 Å². The quantitative estimate of drug-likeness (QED) is 0.512. The Kier molecular flexibility index (Phi) is 3.48. The molecule has 0 bridgehead atoms. The number of hydrogen-bond donors (Lipinski definition) is 3. The smallest absolute Gasteiger partial charge is 0.177 e. The van der Waals surface area contributed by atoms with Crippen LogP contribution in [0.4, 0.5) is 14.6 Å². The molecule has 0 radical (unpaired) electrons. The highest BCUT2D eigenvalue weighted by molar-refractivity contribution is 7.99. The highest BCUT2D eigenvalue weighted by atomic mass is 32.2. The number of halogens is 2. The molecule has 0 aliphatic heterocycles. The molecule has 0 saturated carbocycles. The summed E-state index contributed by atoms with van der Waals surface area (Å²) in [7, 11) is 0. The zero-order valence-corrected chi connectivity index (χ0v) is 11.8. The van der Waals surface area contributed by atoms with Crippen molar-refractivity contribution in [1.29, 1.82) is 0 Å². The van der Waals surface area contributed by atoms with E-state index in [-0.39, 0.29) is 10.8 Å². The lowest BCUT2D eigenvalue weighted by atomic mass is 10.2. The van der Waals surface area contributed by atoms with Gasteiger partial charge in [-0.15, -0.1) is 0 Å². The molecule has 3 aromatic rings. The van der Waals surface area contributed by atoms with Gasteiger partial charge >= 0.3 is 0 Å². The van der Waals surface area contributed by atoms with E-state index in [9.17, 15) is 8.78 Å². The molecule has 0 aliphatic rings. The van der Waals surface area contributed by atoms with Gasteiger partial charge in [-0.05, 0) is 36.4 Å². The second-order valence-corrected chi connectivity index (χ2v) is 5.39. The summed E-state index contributed by atoms with van der Waals surface area (Å²) < 4.78 is 27.0. The molecule has 3 rings (SSSR count). The van der Waals surface area contributed by atoms with E-state index in [1.165, 1.54) is 0 Å². The second-order valence-electron chi connectivity index (χ2n) is 4.41. The van der Waals surface area contributed by atoms with Crippen molar-refractivity contribution in [3.63, 3.8) is 0 Å². The Morgan fingerprint density at radius 3 is 2.76 bits per heavy atom. The minimum absolute atomic E-state index is 0.0138. The number of aromatic amines is 1. The van der Waals surface area contributed by atoms with Crippen LogP contribution in [0.3, 0.4) is 0 Å². The second kappa shape index (κ2) is 5.30. The largest absolute Gasteiger partial charge is 0.333 e. The Bertz CT molecular complexity index is 818. The van der Waals surface area contributed by atoms with Gasteiger partial charge in [0.1, 0.15) is 5.03 Å². The van der Waals surface area contributed by atoms with Gasteiger partial charge in [-0.3, -0.25) is 0 Å². The van der Waals surface area contributed by atoms with Crippen LogP contribution in [0.2, 0.25) is 0 Å². The van der Waals surface area contributed by atoms with E-state index in [4.69, 9.17) is 5.84 Å². The van der Waals surface area contributed by atoms with Crippen molar-refractivity contribution in [2.45, 2.75) is 17.1 Å². The molecule has 0 unspecified atom stereocenters. The summed E-state index contributed by atoms with van der Waals surface area (Å²) in [5, 5.41) is 0.455. The van der Waals surface area contributed by atoms with E-state index < -0.39 is 11.6 Å². The predicted molar refractivity (Wildman–Crippen MR) is 76.9 cm³/mol. The van der Waals surface area contributed by atoms with Gasteiger partial charge in [0, 0.05) is 6.07 Å². The fourth-order valence-corrected chi connectivity index (χ4v) is 2.64. The van der Waals surface area contributed by atoms with Crippen LogP contribution in [-0.4, -0.2) is 15.0 Å². The predicted octanol–water partition coefficient (Wildman–Crippen LogP) is 2.98. The Hall–Kier alpha value is -2.19. The maximum absolute atomic E-state index is 13.7. The topological polar surface area (TPSA) is 79.6 Å². The summed E-state index contributed by atoms with van der Waals surface area (Å²) in [6, 6.07) is 6.47. The van der Waals surface area contributed by atoms with Crippen molar-refractivity contribution in [3.8, 4) is 0 Å². The number of hydrazine groups is 1. The summed E-state index contributed by atoms with van der Waals surface area (Å²) in [4.78, 5) is 11.2. The van der Waals surface area contributed by atoms with Gasteiger partial charge in [-0.2, -0.15) is 0 Å². The number of H-pyrrole nitrogens is 1. The minimum atomic E-state index is -0.848. The molecule has 0 amide bonds. The van der Waals surface area contributed by atoms with Crippen LogP contribution in [0.1, 0.15) is 5.56 Å². The van der Waals surface area contributed by atoms with Crippen molar-refractivity contribution in [2.75, 3.05) is 5.43 Å². The van der Waals surface area contributed by atoms with Crippen LogP contribution in [-0.2, 0) is 0 Å². The number of imidazole rings is 1. The lowest BCUT2D eigenvalue weighted by molar-refractivity contribution is 0.551. The maximum Gasteiger partial charge on any atom is 0.177 e. The lowest BCUT2D eigenvalue weighted by Gasteiger charge is -2.04. The van der Waals surface area contributed by atoms with E-state index in [1.807, 2.05) is 25.1 Å². The van der Waals surface area contributed by atoms with Crippen molar-refractivity contribution < 1.29 is 8.78 Å². The van der Waals surface area contributed by atoms with Crippen LogP contribution in [0.15, 0.2) is 34.4 Å². The van der Waals surface area contributed by atoms with Crippen molar-refractivity contribution in [2.24, 2.45) is 5.84 Å². The molecule has 108 valence electrons. The van der Waals surface area contributed by atoms with Gasteiger partial charge in [-0.1, -0.05) is 6.07 Å². The fraction of sp³-hybridized carbons (Fsp3) is 0.0769. The number of fused-ring (bicyclic) bond motifs is 1. The summed E-state index contributed by atoms with van der Waals surface area (Å²) >= 11 is 0.969. The third-order valence-electron chi connectivity index (χ3n) is 2.84. The van der Waals surface area contributed by atoms with Crippen LogP contribution < -0.4 is 11.3 Å². The average Bonchev–Trinajstić information content (AvgIpc) is 2.83. The number of nitrogens with one attached hydrogen (secondary N) is 2. The standard InChI is InChI=1S/C13H11F2N5S/c1-6-2-3-9-10(4-6)18-13(17-9)21-12-8(15)5-7(14)11(19-12)20-16/h2-5H,16H2,1H3,(H,17,18)(H,19,20). The van der Waals surface area contributed by atoms with Gasteiger partial charge in [0.25, 0.3) is 0 Å². The molecule has 5 nitrogen and oxygen atoms in total. The summed E-state index contributed by atoms with van der Waals surface area (Å²) in [6.07, 6.45) is 0. The van der Waals surface area contributed by atoms with Crippen LogP contribution >= 0.6 is 11.8 Å². The Morgan fingerprint density at radius 2 is 2.00 bits per heavy atom. The first-order valence-electron chi connectivity index (χ1n) is 6.03. The number of aryl methyl sites for hydroxylation is 1. The molecule has 0 atom stereocenters. The molecule has 1 aromatic carbocycles. The van der Waals surface area contributed by atoms with Gasteiger partial charge in [0.05, 0.1) is 11.0 Å². The van der Waals surface area contributed by atoms with Gasteiger partial charge in [0.2, 0.25) is 0 Å². The van der Waals surface area contributed by atoms with Crippen molar-refractivity contribution in [1.82, 2.24) is 15.0 Å². The molecule has 2 aromatic heterocycles. The molecule has 21 heavy (non-hydrogen) atoms. The van der Waals surface area contributed by atoms with Crippen molar-refractivity contribution in [3.05, 3.63) is 41.5 Å². The first kappa shape index (κ1) is 13.8. The van der Waals surface area contributed by atoms with Gasteiger partial charge in [0.15, 0.2) is 22.6 Å². The first-order chi connectivity index (χ1) is 10.1. The minimum Gasteiger partial charge on any atom is -0.333 e. The third kappa shape index (κ3) is 2.67. The number of rotatable bonds is 3. The first-order valence-corrected chi connectivity index (χ1v) is 6.85. The molecule has 4 N–H and O–H groups in total. The Balaban J connectivity index is 1.98. The monoisotopic (exact) mass is 307 g/mol. The summed E-state index contributed by atoms with van der Waals surface area (Å²) in [6.45, 7) is 1.97. The highest BCUT2D eigenvalue weighted by Crippen LogP contribution is 2.29. The molecular weight excluding hydrogens is 296 g/mol. The molecule has 8 heteroatoms. The fourth-order valence-electron chi connectivity index (χ4n) is 1.86. The number of nitrogen functional groups attached to an aromatic ring is 1. The number of hydrogen-bond acceptors (Lipinski definition) is 5. The Morgan fingerprint density at radius 1 is 1.19 bits per heavy atom. The van der Waals surface area contributed by atoms with Crippen molar-refractivity contribution >= 4 is 28.6 Å². The Labute approximate surface area is 122 Å². The SMILES string of the molecule is Cc1ccc2nc(Sc3nc(NN)c(F)cc3F)[nH]c2c1. The summed E-state index contributed by atoms with van der Waals surface area (Å²) in [5.74, 6) is 3.30. The maximum atomic E-state index is 13.7. The number of nitrogens with two attached hydrogens (primary N) is 1. The highest BCUT2D eigenvalue weighted by Gasteiger charge is 2.14. The number of aromatic nitrogens is 3. The molecule has 0 fully saturated rings. The average molecular weight is 307 g/mol. The zero-order valence-electron chi connectivity index (χ0n) is 10.9. The van der Waals surface area contributed by atoms with Crippen LogP contribution in [0, 0.1) is 18.6 Å². The molecule has 0 spiro atoms. The van der Waals surface area contributed by atoms with E-state index in [0.29, 0.717) is 5.16 Å². The van der Waals surface area contributed by atoms with Crippen LogP contribution in [0.25, 0.3) is 11.0 Å². The summed E-state index contributed by atoms with van der Waals surface area (Å²) in [5.41, 5.74) is 4.78. The molecule has 0 aliphatic carbocycles. The third-order valence-corrected chi connectivity index (χ3v) is 3.71. The molecular formula is C13H11F2N5S. The molecule has 2 heterocycles. The van der Waals surface area contributed by atoms with E-state index in [0.717, 1.165) is 34.4 Å². The zero-order chi connectivity index (χ0) is 15.0. The number of pyridine rings is 1. The van der Waals surface area contributed by atoms with E-state index >= 15 is 0 Å². The van der Waals surface area contributed by atoms with Gasteiger partial charge < -0.3 is 10.4 Å². The van der Waals surface area contributed by atoms with Crippen LogP contribution in [0.5, 0.6) is 0 Å². The van der Waals surface area contributed by atoms with E-state index in [1.54, 1.807) is 0 Å². The van der Waals surface area contributed by atoms with Gasteiger partial charge in [-0.25, -0.2) is 24.6 Å². The lowest BCUT2D eigenvalue weighted by Crippen LogP contribution is -2.11. The normalized spacial score (nSPS) is 11.0. The number of anilines is 1. The molecule has 0 saturated heterocycles.